The highest BCUT2D eigenvalue weighted by atomic mass is 16.5. The fraction of sp³-hybridized carbons (Fsp3) is 0.375. The first-order valence-corrected chi connectivity index (χ1v) is 13.4. The van der Waals surface area contributed by atoms with Crippen molar-refractivity contribution in [1.82, 2.24) is 5.32 Å². The molecule has 0 aromatic heterocycles. The minimum atomic E-state index is -0.918. The van der Waals surface area contributed by atoms with Crippen LogP contribution in [0.25, 0.3) is 0 Å². The van der Waals surface area contributed by atoms with Crippen LogP contribution in [-0.4, -0.2) is 35.7 Å². The molecule has 3 aromatic rings. The zero-order valence-electron chi connectivity index (χ0n) is 23.3. The lowest BCUT2D eigenvalue weighted by atomic mass is 9.81. The van der Waals surface area contributed by atoms with Gasteiger partial charge in [0.05, 0.1) is 12.1 Å². The minimum absolute atomic E-state index is 0.170. The number of nitrogens with two attached hydrogens (primary N) is 2. The summed E-state index contributed by atoms with van der Waals surface area (Å²) in [6.07, 6.45) is 0.493. The number of hydrogen-bond acceptors (Lipinski definition) is 5. The summed E-state index contributed by atoms with van der Waals surface area (Å²) < 4.78 is 5.86. The lowest BCUT2D eigenvalue weighted by Crippen LogP contribution is -2.47. The Morgan fingerprint density at radius 3 is 2.18 bits per heavy atom. The van der Waals surface area contributed by atoms with E-state index in [0.717, 1.165) is 16.7 Å². The van der Waals surface area contributed by atoms with E-state index in [4.69, 9.17) is 16.2 Å². The molecule has 7 nitrogen and oxygen atoms in total. The van der Waals surface area contributed by atoms with Gasteiger partial charge in [0.2, 0.25) is 5.91 Å². The SMILES string of the molecule is Cc1cccc(C)c1OCC(=O)NC(Cc1ccccc1)C(O)CC(CC(C)C)c1c(N)cccc1C(N)=O. The van der Waals surface area contributed by atoms with Crippen molar-refractivity contribution >= 4 is 17.5 Å². The molecule has 0 aliphatic heterocycles. The number of amides is 2. The molecular weight excluding hydrogens is 490 g/mol. The van der Waals surface area contributed by atoms with E-state index < -0.39 is 18.1 Å². The van der Waals surface area contributed by atoms with E-state index in [1.807, 2.05) is 62.4 Å². The predicted octanol–water partition coefficient (Wildman–Crippen LogP) is 4.67. The van der Waals surface area contributed by atoms with Crippen molar-refractivity contribution in [3.05, 3.63) is 94.5 Å². The molecule has 0 spiro atoms. The van der Waals surface area contributed by atoms with E-state index >= 15 is 0 Å². The van der Waals surface area contributed by atoms with Crippen molar-refractivity contribution in [3.8, 4) is 5.75 Å². The molecule has 208 valence electrons. The maximum Gasteiger partial charge on any atom is 0.258 e. The molecule has 0 aliphatic rings. The zero-order valence-corrected chi connectivity index (χ0v) is 23.3. The summed E-state index contributed by atoms with van der Waals surface area (Å²) in [4.78, 5) is 25.3. The number of benzene rings is 3. The first-order valence-electron chi connectivity index (χ1n) is 13.4. The zero-order chi connectivity index (χ0) is 28.5. The topological polar surface area (TPSA) is 128 Å². The van der Waals surface area contributed by atoms with Gasteiger partial charge in [-0.05, 0) is 79.3 Å². The number of primary amides is 1. The van der Waals surface area contributed by atoms with Crippen LogP contribution in [0.3, 0.4) is 0 Å². The van der Waals surface area contributed by atoms with Gasteiger partial charge in [-0.25, -0.2) is 0 Å². The number of hydrogen-bond donors (Lipinski definition) is 4. The van der Waals surface area contributed by atoms with Crippen molar-refractivity contribution in [2.45, 2.75) is 65.0 Å². The molecular formula is C32H41N3O4. The third-order valence-electron chi connectivity index (χ3n) is 6.96. The second-order valence-electron chi connectivity index (χ2n) is 10.7. The smallest absolute Gasteiger partial charge is 0.258 e. The highest BCUT2D eigenvalue weighted by Crippen LogP contribution is 2.35. The Balaban J connectivity index is 1.84. The van der Waals surface area contributed by atoms with Crippen LogP contribution in [0.2, 0.25) is 0 Å². The van der Waals surface area contributed by atoms with Gasteiger partial charge in [-0.1, -0.05) is 68.4 Å². The summed E-state index contributed by atoms with van der Waals surface area (Å²) in [5.74, 6) is -0.156. The Bertz CT molecular complexity index is 1240. The Hall–Kier alpha value is -3.84. The van der Waals surface area contributed by atoms with Gasteiger partial charge < -0.3 is 26.6 Å². The first kappa shape index (κ1) is 29.7. The van der Waals surface area contributed by atoms with Crippen LogP contribution < -0.4 is 21.5 Å². The normalized spacial score (nSPS) is 13.5. The van der Waals surface area contributed by atoms with Crippen LogP contribution in [0, 0.1) is 19.8 Å². The molecule has 0 heterocycles. The Morgan fingerprint density at radius 2 is 1.56 bits per heavy atom. The second-order valence-corrected chi connectivity index (χ2v) is 10.7. The van der Waals surface area contributed by atoms with Gasteiger partial charge in [0, 0.05) is 11.3 Å². The molecule has 3 atom stereocenters. The van der Waals surface area contributed by atoms with Gasteiger partial charge in [0.1, 0.15) is 5.75 Å². The molecule has 0 fully saturated rings. The highest BCUT2D eigenvalue weighted by Gasteiger charge is 2.29. The van der Waals surface area contributed by atoms with Gasteiger partial charge in [-0.2, -0.15) is 0 Å². The molecule has 0 aliphatic carbocycles. The van der Waals surface area contributed by atoms with Crippen LogP contribution in [0.1, 0.15) is 65.2 Å². The number of carbonyl (C=O) groups is 2. The number of para-hydroxylation sites is 1. The van der Waals surface area contributed by atoms with Gasteiger partial charge in [0.25, 0.3) is 5.91 Å². The number of nitrogen functional groups attached to an aromatic ring is 1. The molecule has 0 bridgehead atoms. The van der Waals surface area contributed by atoms with Crippen molar-refractivity contribution < 1.29 is 19.4 Å². The third-order valence-corrected chi connectivity index (χ3v) is 6.96. The van der Waals surface area contributed by atoms with Crippen molar-refractivity contribution in [2.24, 2.45) is 11.7 Å². The number of anilines is 1. The van der Waals surface area contributed by atoms with Crippen LogP contribution in [-0.2, 0) is 11.2 Å². The van der Waals surface area contributed by atoms with Crippen molar-refractivity contribution in [2.75, 3.05) is 12.3 Å². The second kappa shape index (κ2) is 13.8. The van der Waals surface area contributed by atoms with Crippen LogP contribution in [0.4, 0.5) is 5.69 Å². The minimum Gasteiger partial charge on any atom is -0.483 e. The largest absolute Gasteiger partial charge is 0.483 e. The van der Waals surface area contributed by atoms with E-state index in [9.17, 15) is 14.7 Å². The summed E-state index contributed by atoms with van der Waals surface area (Å²) in [7, 11) is 0. The van der Waals surface area contributed by atoms with E-state index in [1.165, 1.54) is 0 Å². The molecule has 3 unspecified atom stereocenters. The van der Waals surface area contributed by atoms with Gasteiger partial charge in [-0.3, -0.25) is 9.59 Å². The molecule has 6 N–H and O–H groups in total. The Morgan fingerprint density at radius 1 is 0.923 bits per heavy atom. The number of carbonyl (C=O) groups excluding carboxylic acids is 2. The van der Waals surface area contributed by atoms with E-state index in [-0.39, 0.29) is 24.3 Å². The van der Waals surface area contributed by atoms with Crippen molar-refractivity contribution in [1.29, 1.82) is 0 Å². The maximum absolute atomic E-state index is 13.0. The number of aliphatic hydroxyl groups is 1. The fourth-order valence-electron chi connectivity index (χ4n) is 5.17. The van der Waals surface area contributed by atoms with Crippen LogP contribution >= 0.6 is 0 Å². The van der Waals surface area contributed by atoms with Gasteiger partial charge in [-0.15, -0.1) is 0 Å². The number of nitrogens with one attached hydrogen (secondary N) is 1. The van der Waals surface area contributed by atoms with Gasteiger partial charge >= 0.3 is 0 Å². The summed E-state index contributed by atoms with van der Waals surface area (Å²) in [5.41, 5.74) is 16.4. The lowest BCUT2D eigenvalue weighted by molar-refractivity contribution is -0.124. The molecule has 2 amide bonds. The summed E-state index contributed by atoms with van der Waals surface area (Å²) in [5, 5.41) is 14.5. The monoisotopic (exact) mass is 531 g/mol. The Kier molecular flexibility index (Phi) is 10.5. The molecule has 0 saturated heterocycles. The standard InChI is InChI=1S/C32H41N3O4/c1-20(2)16-24(30-25(32(34)38)14-9-15-26(30)33)18-28(36)27(17-23-12-6-5-7-13-23)35-29(37)19-39-31-21(3)10-8-11-22(31)4/h5-15,20,24,27-28,36H,16-19,33H2,1-4H3,(H2,34,38)(H,35,37). The molecule has 0 radical (unpaired) electrons. The third kappa shape index (κ3) is 8.32. The van der Waals surface area contributed by atoms with E-state index in [1.54, 1.807) is 18.2 Å². The molecule has 3 aromatic carbocycles. The quantitative estimate of drug-likeness (QED) is 0.238. The summed E-state index contributed by atoms with van der Waals surface area (Å²) in [6.45, 7) is 7.86. The summed E-state index contributed by atoms with van der Waals surface area (Å²) >= 11 is 0. The fourth-order valence-corrected chi connectivity index (χ4v) is 5.17. The average molecular weight is 532 g/mol. The molecule has 0 saturated carbocycles. The highest BCUT2D eigenvalue weighted by molar-refractivity contribution is 5.96. The Labute approximate surface area is 231 Å². The van der Waals surface area contributed by atoms with E-state index in [0.29, 0.717) is 41.8 Å². The van der Waals surface area contributed by atoms with Crippen LogP contribution in [0.15, 0.2) is 66.7 Å². The lowest BCUT2D eigenvalue weighted by Gasteiger charge is -2.30. The average Bonchev–Trinajstić information content (AvgIpc) is 2.87. The maximum atomic E-state index is 13.0. The molecule has 3 rings (SSSR count). The first-order chi connectivity index (χ1) is 18.6. The number of ether oxygens (including phenoxy) is 1. The summed E-state index contributed by atoms with van der Waals surface area (Å²) in [6, 6.07) is 20.1. The number of aryl methyl sites for hydroxylation is 2. The molecule has 7 heteroatoms. The predicted molar refractivity (Wildman–Crippen MR) is 156 cm³/mol. The number of rotatable bonds is 13. The van der Waals surface area contributed by atoms with Crippen LogP contribution in [0.5, 0.6) is 5.75 Å². The molecule has 39 heavy (non-hydrogen) atoms. The van der Waals surface area contributed by atoms with E-state index in [2.05, 4.69) is 19.2 Å². The number of aliphatic hydroxyl groups excluding tert-OH is 1. The van der Waals surface area contributed by atoms with Crippen molar-refractivity contribution in [3.63, 3.8) is 0 Å². The van der Waals surface area contributed by atoms with Gasteiger partial charge in [0.15, 0.2) is 6.61 Å².